The average molecular weight is 127 g/mol. The minimum Gasteiger partial charge on any atom is -0.384 e. The summed E-state index contributed by atoms with van der Waals surface area (Å²) in [7, 11) is 3.55. The molecule has 1 rings (SSSR count). The fraction of sp³-hybridized carbons (Fsp3) is 0.857. The van der Waals surface area contributed by atoms with E-state index in [0.717, 1.165) is 6.61 Å². The van der Waals surface area contributed by atoms with Crippen LogP contribution in [0, 0.1) is 5.41 Å². The van der Waals surface area contributed by atoms with Gasteiger partial charge in [-0.05, 0) is 12.8 Å². The Morgan fingerprint density at radius 1 is 1.67 bits per heavy atom. The van der Waals surface area contributed by atoms with Gasteiger partial charge in [0.25, 0.3) is 0 Å². The molecule has 0 spiro atoms. The van der Waals surface area contributed by atoms with E-state index in [-0.39, 0.29) is 0 Å². The van der Waals surface area contributed by atoms with Gasteiger partial charge in [-0.1, -0.05) is 0 Å². The molecule has 0 unspecified atom stereocenters. The van der Waals surface area contributed by atoms with Gasteiger partial charge >= 0.3 is 0 Å². The van der Waals surface area contributed by atoms with Gasteiger partial charge in [0.1, 0.15) is 0 Å². The van der Waals surface area contributed by atoms with Crippen LogP contribution in [-0.4, -0.2) is 27.0 Å². The molecule has 52 valence electrons. The molecule has 0 heterocycles. The summed E-state index contributed by atoms with van der Waals surface area (Å²) in [6.07, 6.45) is 4.51. The van der Waals surface area contributed by atoms with Crippen molar-refractivity contribution in [3.05, 3.63) is 0 Å². The fourth-order valence-corrected chi connectivity index (χ4v) is 1.03. The molecule has 0 amide bonds. The summed E-state index contributed by atoms with van der Waals surface area (Å²) in [6, 6.07) is 0. The first kappa shape index (κ1) is 6.75. The number of rotatable bonds is 3. The lowest BCUT2D eigenvalue weighted by Crippen LogP contribution is -2.09. The Kier molecular flexibility index (Phi) is 1.86. The summed E-state index contributed by atoms with van der Waals surface area (Å²) in [5, 5.41) is 0. The van der Waals surface area contributed by atoms with Crippen molar-refractivity contribution in [2.75, 3.05) is 20.8 Å². The van der Waals surface area contributed by atoms with E-state index < -0.39 is 0 Å². The first-order valence-corrected chi connectivity index (χ1v) is 3.25. The molecule has 0 N–H and O–H groups in total. The van der Waals surface area contributed by atoms with Crippen molar-refractivity contribution in [1.82, 2.24) is 0 Å². The van der Waals surface area contributed by atoms with Gasteiger partial charge < -0.3 is 9.73 Å². The van der Waals surface area contributed by atoms with Gasteiger partial charge in [-0.2, -0.15) is 0 Å². The van der Waals surface area contributed by atoms with Gasteiger partial charge in [-0.15, -0.1) is 0 Å². The van der Waals surface area contributed by atoms with Gasteiger partial charge in [0.05, 0.1) is 6.61 Å². The minimum atomic E-state index is 0.337. The highest BCUT2D eigenvalue weighted by molar-refractivity contribution is 5.69. The smallest absolute Gasteiger partial charge is 0.0568 e. The molecule has 2 heteroatoms. The fourth-order valence-electron chi connectivity index (χ4n) is 1.03. The van der Waals surface area contributed by atoms with Crippen molar-refractivity contribution in [2.45, 2.75) is 12.8 Å². The third kappa shape index (κ3) is 1.52. The molecular weight excluding hydrogens is 114 g/mol. The maximum Gasteiger partial charge on any atom is 0.0568 e. The lowest BCUT2D eigenvalue weighted by atomic mass is 10.1. The van der Waals surface area contributed by atoms with E-state index in [9.17, 15) is 0 Å². The highest BCUT2D eigenvalue weighted by Gasteiger charge is 2.40. The van der Waals surface area contributed by atoms with E-state index in [1.165, 1.54) is 12.8 Å². The molecular formula is C7H13NO. The van der Waals surface area contributed by atoms with E-state index in [1.54, 1.807) is 7.11 Å². The number of nitrogens with zero attached hydrogens (tertiary/aromatic N) is 1. The Labute approximate surface area is 55.9 Å². The zero-order valence-electron chi connectivity index (χ0n) is 6.05. The van der Waals surface area contributed by atoms with Gasteiger partial charge in [0.2, 0.25) is 0 Å². The second-order valence-corrected chi connectivity index (χ2v) is 2.68. The molecule has 0 aromatic heterocycles. The van der Waals surface area contributed by atoms with Crippen molar-refractivity contribution in [3.63, 3.8) is 0 Å². The van der Waals surface area contributed by atoms with E-state index in [4.69, 9.17) is 4.74 Å². The monoisotopic (exact) mass is 127 g/mol. The third-order valence-corrected chi connectivity index (χ3v) is 1.73. The Morgan fingerprint density at radius 3 is 2.67 bits per heavy atom. The zero-order valence-corrected chi connectivity index (χ0v) is 6.05. The molecule has 0 saturated heterocycles. The molecule has 0 aliphatic heterocycles. The highest BCUT2D eigenvalue weighted by atomic mass is 16.5. The van der Waals surface area contributed by atoms with Crippen molar-refractivity contribution < 1.29 is 4.74 Å². The first-order valence-electron chi connectivity index (χ1n) is 3.25. The predicted octanol–water partition coefficient (Wildman–Crippen LogP) is 1.11. The van der Waals surface area contributed by atoms with Crippen LogP contribution < -0.4 is 0 Å². The highest BCUT2D eigenvalue weighted by Crippen LogP contribution is 2.43. The van der Waals surface area contributed by atoms with E-state index in [2.05, 4.69) is 4.99 Å². The Balaban J connectivity index is 2.33. The van der Waals surface area contributed by atoms with Crippen LogP contribution in [0.2, 0.25) is 0 Å². The van der Waals surface area contributed by atoms with Crippen molar-refractivity contribution in [3.8, 4) is 0 Å². The minimum absolute atomic E-state index is 0.337. The Morgan fingerprint density at radius 2 is 2.33 bits per heavy atom. The van der Waals surface area contributed by atoms with Crippen LogP contribution in [0.5, 0.6) is 0 Å². The molecule has 9 heavy (non-hydrogen) atoms. The third-order valence-electron chi connectivity index (χ3n) is 1.73. The predicted molar refractivity (Wildman–Crippen MR) is 38.0 cm³/mol. The number of methoxy groups -OCH3 is 1. The molecule has 0 radical (unpaired) electrons. The molecule has 1 fully saturated rings. The first-order chi connectivity index (χ1) is 4.33. The second kappa shape index (κ2) is 2.48. The summed E-state index contributed by atoms with van der Waals surface area (Å²) >= 11 is 0. The molecule has 1 aliphatic carbocycles. The molecule has 2 nitrogen and oxygen atoms in total. The quantitative estimate of drug-likeness (QED) is 0.520. The van der Waals surface area contributed by atoms with Crippen LogP contribution in [0.3, 0.4) is 0 Å². The number of hydrogen-bond donors (Lipinski definition) is 0. The zero-order chi connectivity index (χ0) is 6.74. The van der Waals surface area contributed by atoms with E-state index in [1.807, 2.05) is 13.3 Å². The normalized spacial score (nSPS) is 22.9. The second-order valence-electron chi connectivity index (χ2n) is 2.68. The summed E-state index contributed by atoms with van der Waals surface area (Å²) in [5.41, 5.74) is 0.337. The van der Waals surface area contributed by atoms with Gasteiger partial charge in [-0.3, -0.25) is 0 Å². The van der Waals surface area contributed by atoms with Gasteiger partial charge in [-0.25, -0.2) is 0 Å². The number of hydrogen-bond acceptors (Lipinski definition) is 2. The SMILES string of the molecule is CN=CC1(COC)CC1. The van der Waals surface area contributed by atoms with Crippen molar-refractivity contribution in [2.24, 2.45) is 10.4 Å². The van der Waals surface area contributed by atoms with Crippen LogP contribution in [0.4, 0.5) is 0 Å². The number of aliphatic imine (C=N–C) groups is 1. The van der Waals surface area contributed by atoms with Crippen LogP contribution in [0.1, 0.15) is 12.8 Å². The lowest BCUT2D eigenvalue weighted by Gasteiger charge is -2.04. The lowest BCUT2D eigenvalue weighted by molar-refractivity contribution is 0.170. The molecule has 1 aliphatic rings. The maximum atomic E-state index is 5.03. The summed E-state index contributed by atoms with van der Waals surface area (Å²) in [4.78, 5) is 3.98. The van der Waals surface area contributed by atoms with Crippen LogP contribution in [0.25, 0.3) is 0 Å². The van der Waals surface area contributed by atoms with Crippen LogP contribution in [-0.2, 0) is 4.74 Å². The molecule has 0 aromatic rings. The summed E-state index contributed by atoms with van der Waals surface area (Å²) in [5.74, 6) is 0. The Hall–Kier alpha value is -0.370. The largest absolute Gasteiger partial charge is 0.384 e. The maximum absolute atomic E-state index is 5.03. The van der Waals surface area contributed by atoms with E-state index >= 15 is 0 Å². The van der Waals surface area contributed by atoms with Crippen molar-refractivity contribution in [1.29, 1.82) is 0 Å². The van der Waals surface area contributed by atoms with Crippen LogP contribution >= 0.6 is 0 Å². The summed E-state index contributed by atoms with van der Waals surface area (Å²) in [6.45, 7) is 0.838. The molecule has 0 bridgehead atoms. The topological polar surface area (TPSA) is 21.6 Å². The van der Waals surface area contributed by atoms with Gasteiger partial charge in [0, 0.05) is 25.8 Å². The van der Waals surface area contributed by atoms with Crippen molar-refractivity contribution >= 4 is 6.21 Å². The van der Waals surface area contributed by atoms with Crippen LogP contribution in [0.15, 0.2) is 4.99 Å². The van der Waals surface area contributed by atoms with E-state index in [0.29, 0.717) is 5.41 Å². The Bertz CT molecular complexity index is 116. The molecule has 0 aromatic carbocycles. The average Bonchev–Trinajstić information content (AvgIpc) is 2.51. The molecule has 1 saturated carbocycles. The number of ether oxygens (including phenoxy) is 1. The summed E-state index contributed by atoms with van der Waals surface area (Å²) < 4.78 is 5.03. The van der Waals surface area contributed by atoms with Gasteiger partial charge in [0.15, 0.2) is 0 Å². The standard InChI is InChI=1S/C7H13NO/c1-8-5-7(3-4-7)6-9-2/h5H,3-4,6H2,1-2H3. The molecule has 0 atom stereocenters.